The molecule has 2 N–H and O–H groups in total. The standard InChI is InChI=1S/C8H7FN4/c9-6-2-1-3-7(8(6)10)13-5-11-4-12-13/h1-5H,10H2. The quantitative estimate of drug-likeness (QED) is 0.662. The van der Waals surface area contributed by atoms with Gasteiger partial charge in [-0.25, -0.2) is 14.1 Å². The van der Waals surface area contributed by atoms with Crippen molar-refractivity contribution >= 4 is 5.69 Å². The van der Waals surface area contributed by atoms with E-state index in [4.69, 9.17) is 5.73 Å². The SMILES string of the molecule is Nc1c(F)cccc1-n1cncn1. The summed E-state index contributed by atoms with van der Waals surface area (Å²) >= 11 is 0. The molecule has 0 radical (unpaired) electrons. The van der Waals surface area contributed by atoms with Gasteiger partial charge in [-0.15, -0.1) is 0 Å². The maximum atomic E-state index is 13.0. The second-order valence-electron chi connectivity index (χ2n) is 2.51. The first-order chi connectivity index (χ1) is 6.29. The van der Waals surface area contributed by atoms with E-state index in [1.165, 1.54) is 23.4 Å². The molecule has 0 saturated carbocycles. The summed E-state index contributed by atoms with van der Waals surface area (Å²) in [5, 5.41) is 3.85. The highest BCUT2D eigenvalue weighted by atomic mass is 19.1. The number of hydrogen-bond acceptors (Lipinski definition) is 3. The van der Waals surface area contributed by atoms with Crippen LogP contribution in [-0.4, -0.2) is 14.8 Å². The van der Waals surface area contributed by atoms with Crippen molar-refractivity contribution in [1.82, 2.24) is 14.8 Å². The van der Waals surface area contributed by atoms with Crippen molar-refractivity contribution in [2.75, 3.05) is 5.73 Å². The molecular weight excluding hydrogens is 171 g/mol. The third-order valence-electron chi connectivity index (χ3n) is 1.70. The molecule has 4 nitrogen and oxygen atoms in total. The number of anilines is 1. The van der Waals surface area contributed by atoms with Gasteiger partial charge in [-0.3, -0.25) is 0 Å². The van der Waals surface area contributed by atoms with E-state index in [-0.39, 0.29) is 5.69 Å². The number of nitrogens with zero attached hydrogens (tertiary/aromatic N) is 3. The number of halogens is 1. The Bertz CT molecular complexity index is 410. The Kier molecular flexibility index (Phi) is 1.70. The second-order valence-corrected chi connectivity index (χ2v) is 2.51. The molecule has 0 fully saturated rings. The van der Waals surface area contributed by atoms with E-state index in [2.05, 4.69) is 10.1 Å². The molecule has 0 aliphatic rings. The number of aromatic nitrogens is 3. The molecule has 0 spiro atoms. The van der Waals surface area contributed by atoms with Gasteiger partial charge in [0.25, 0.3) is 0 Å². The fourth-order valence-corrected chi connectivity index (χ4v) is 1.06. The predicted octanol–water partition coefficient (Wildman–Crippen LogP) is 0.989. The Balaban J connectivity index is 2.59. The summed E-state index contributed by atoms with van der Waals surface area (Å²) in [7, 11) is 0. The van der Waals surface area contributed by atoms with Crippen molar-refractivity contribution in [3.63, 3.8) is 0 Å². The summed E-state index contributed by atoms with van der Waals surface area (Å²) in [5.74, 6) is -0.451. The minimum Gasteiger partial charge on any atom is -0.395 e. The van der Waals surface area contributed by atoms with E-state index in [9.17, 15) is 4.39 Å². The van der Waals surface area contributed by atoms with E-state index in [1.54, 1.807) is 12.1 Å². The van der Waals surface area contributed by atoms with Gasteiger partial charge in [-0.05, 0) is 12.1 Å². The molecule has 0 bridgehead atoms. The fourth-order valence-electron chi connectivity index (χ4n) is 1.06. The number of nitrogen functional groups attached to an aromatic ring is 1. The lowest BCUT2D eigenvalue weighted by molar-refractivity contribution is 0.630. The molecule has 0 aliphatic heterocycles. The Morgan fingerprint density at radius 2 is 2.23 bits per heavy atom. The number of benzene rings is 1. The van der Waals surface area contributed by atoms with Gasteiger partial charge in [0, 0.05) is 0 Å². The van der Waals surface area contributed by atoms with E-state index in [1.807, 2.05) is 0 Å². The molecule has 1 aromatic carbocycles. The molecule has 13 heavy (non-hydrogen) atoms. The predicted molar refractivity (Wildman–Crippen MR) is 45.7 cm³/mol. The van der Waals surface area contributed by atoms with E-state index < -0.39 is 5.82 Å². The Morgan fingerprint density at radius 1 is 1.38 bits per heavy atom. The third kappa shape index (κ3) is 1.24. The van der Waals surface area contributed by atoms with Crippen LogP contribution in [0.4, 0.5) is 10.1 Å². The number of rotatable bonds is 1. The van der Waals surface area contributed by atoms with Gasteiger partial charge in [0.15, 0.2) is 0 Å². The van der Waals surface area contributed by atoms with Gasteiger partial charge in [0.1, 0.15) is 18.5 Å². The van der Waals surface area contributed by atoms with Crippen LogP contribution in [0.25, 0.3) is 5.69 Å². The average Bonchev–Trinajstić information content (AvgIpc) is 2.62. The monoisotopic (exact) mass is 178 g/mol. The normalized spacial score (nSPS) is 10.2. The minimum atomic E-state index is -0.451. The van der Waals surface area contributed by atoms with Crippen LogP contribution in [0.5, 0.6) is 0 Å². The molecule has 0 saturated heterocycles. The van der Waals surface area contributed by atoms with Crippen LogP contribution >= 0.6 is 0 Å². The van der Waals surface area contributed by atoms with Crippen LogP contribution in [0.3, 0.4) is 0 Å². The van der Waals surface area contributed by atoms with Crippen molar-refractivity contribution < 1.29 is 4.39 Å². The highest BCUT2D eigenvalue weighted by molar-refractivity contribution is 5.57. The molecule has 0 atom stereocenters. The summed E-state index contributed by atoms with van der Waals surface area (Å²) in [6.45, 7) is 0. The van der Waals surface area contributed by atoms with Gasteiger partial charge in [-0.1, -0.05) is 6.07 Å². The van der Waals surface area contributed by atoms with Gasteiger partial charge < -0.3 is 5.73 Å². The summed E-state index contributed by atoms with van der Waals surface area (Å²) in [6.07, 6.45) is 2.83. The zero-order valence-corrected chi connectivity index (χ0v) is 6.68. The lowest BCUT2D eigenvalue weighted by atomic mass is 10.2. The number of para-hydroxylation sites is 1. The van der Waals surface area contributed by atoms with Crippen molar-refractivity contribution in [2.45, 2.75) is 0 Å². The summed E-state index contributed by atoms with van der Waals surface area (Å²) in [6, 6.07) is 4.55. The lowest BCUT2D eigenvalue weighted by Crippen LogP contribution is -2.01. The topological polar surface area (TPSA) is 56.7 Å². The molecule has 1 aromatic heterocycles. The van der Waals surface area contributed by atoms with Crippen molar-refractivity contribution in [1.29, 1.82) is 0 Å². The van der Waals surface area contributed by atoms with Gasteiger partial charge in [0.2, 0.25) is 0 Å². The summed E-state index contributed by atoms with van der Waals surface area (Å²) in [5.41, 5.74) is 6.08. The minimum absolute atomic E-state index is 0.0769. The molecule has 2 aromatic rings. The Morgan fingerprint density at radius 3 is 2.92 bits per heavy atom. The van der Waals surface area contributed by atoms with Crippen LogP contribution in [0.1, 0.15) is 0 Å². The van der Waals surface area contributed by atoms with Gasteiger partial charge in [-0.2, -0.15) is 5.10 Å². The van der Waals surface area contributed by atoms with E-state index in [0.717, 1.165) is 0 Å². The zero-order valence-electron chi connectivity index (χ0n) is 6.68. The van der Waals surface area contributed by atoms with Gasteiger partial charge >= 0.3 is 0 Å². The Hall–Kier alpha value is -1.91. The molecule has 0 unspecified atom stereocenters. The third-order valence-corrected chi connectivity index (χ3v) is 1.70. The highest BCUT2D eigenvalue weighted by Gasteiger charge is 2.05. The molecule has 5 heteroatoms. The van der Waals surface area contributed by atoms with E-state index >= 15 is 0 Å². The maximum absolute atomic E-state index is 13.0. The Labute approximate surface area is 73.8 Å². The fraction of sp³-hybridized carbons (Fsp3) is 0. The summed E-state index contributed by atoms with van der Waals surface area (Å²) in [4.78, 5) is 3.74. The number of nitrogens with two attached hydrogens (primary N) is 1. The molecule has 2 rings (SSSR count). The molecular formula is C8H7FN4. The summed E-state index contributed by atoms with van der Waals surface area (Å²) < 4.78 is 14.4. The van der Waals surface area contributed by atoms with Crippen molar-refractivity contribution in [2.24, 2.45) is 0 Å². The van der Waals surface area contributed by atoms with Crippen LogP contribution in [0.2, 0.25) is 0 Å². The average molecular weight is 178 g/mol. The zero-order chi connectivity index (χ0) is 9.26. The van der Waals surface area contributed by atoms with Crippen LogP contribution in [0.15, 0.2) is 30.9 Å². The first-order valence-electron chi connectivity index (χ1n) is 3.68. The number of hydrogen-bond donors (Lipinski definition) is 1. The first-order valence-corrected chi connectivity index (χ1v) is 3.68. The van der Waals surface area contributed by atoms with Crippen molar-refractivity contribution in [3.8, 4) is 5.69 Å². The molecule has 66 valence electrons. The van der Waals surface area contributed by atoms with E-state index in [0.29, 0.717) is 5.69 Å². The van der Waals surface area contributed by atoms with Crippen molar-refractivity contribution in [3.05, 3.63) is 36.7 Å². The molecule has 1 heterocycles. The maximum Gasteiger partial charge on any atom is 0.148 e. The molecule has 0 amide bonds. The first kappa shape index (κ1) is 7.72. The molecule has 0 aliphatic carbocycles. The second kappa shape index (κ2) is 2.85. The van der Waals surface area contributed by atoms with Crippen LogP contribution < -0.4 is 5.73 Å². The largest absolute Gasteiger partial charge is 0.395 e. The van der Waals surface area contributed by atoms with Crippen LogP contribution in [-0.2, 0) is 0 Å². The van der Waals surface area contributed by atoms with Crippen LogP contribution in [0, 0.1) is 5.82 Å². The smallest absolute Gasteiger partial charge is 0.148 e. The highest BCUT2D eigenvalue weighted by Crippen LogP contribution is 2.18. The lowest BCUT2D eigenvalue weighted by Gasteiger charge is -2.04. The van der Waals surface area contributed by atoms with Gasteiger partial charge in [0.05, 0.1) is 11.4 Å².